The minimum atomic E-state index is -0.694. The Hall–Kier alpha value is -3.03. The predicted octanol–water partition coefficient (Wildman–Crippen LogP) is 1.22. The van der Waals surface area contributed by atoms with E-state index in [0.29, 0.717) is 0 Å². The van der Waals surface area contributed by atoms with Crippen molar-refractivity contribution in [2.24, 2.45) is 0 Å². The summed E-state index contributed by atoms with van der Waals surface area (Å²) in [4.78, 5) is 22.2. The second kappa shape index (κ2) is 5.08. The van der Waals surface area contributed by atoms with Crippen molar-refractivity contribution in [1.82, 2.24) is 10.2 Å². The van der Waals surface area contributed by atoms with Gasteiger partial charge in [0.2, 0.25) is 0 Å². The summed E-state index contributed by atoms with van der Waals surface area (Å²) in [7, 11) is 0. The van der Waals surface area contributed by atoms with E-state index >= 15 is 0 Å². The zero-order chi connectivity index (χ0) is 13.8. The van der Waals surface area contributed by atoms with Crippen LogP contribution >= 0.6 is 0 Å². The second-order valence-corrected chi connectivity index (χ2v) is 3.56. The van der Waals surface area contributed by atoms with Crippen LogP contribution in [0.15, 0.2) is 36.5 Å². The molecule has 8 nitrogen and oxygen atoms in total. The fourth-order valence-electron chi connectivity index (χ4n) is 1.50. The highest BCUT2D eigenvalue weighted by Gasteiger charge is 2.23. The van der Waals surface area contributed by atoms with Gasteiger partial charge in [0, 0.05) is 6.20 Å². The molecule has 1 amide bonds. The summed E-state index contributed by atoms with van der Waals surface area (Å²) in [5.41, 5.74) is 4.88. The Morgan fingerprint density at radius 1 is 1.32 bits per heavy atom. The Morgan fingerprint density at radius 2 is 2.11 bits per heavy atom. The smallest absolute Gasteiger partial charge is 0.304 e. The number of nitrogen functional groups attached to an aromatic ring is 1. The highest BCUT2D eigenvalue weighted by Crippen LogP contribution is 2.26. The van der Waals surface area contributed by atoms with Crippen LogP contribution in [0.2, 0.25) is 0 Å². The number of amides is 1. The zero-order valence-electron chi connectivity index (χ0n) is 9.61. The molecule has 1 aromatic heterocycles. The zero-order valence-corrected chi connectivity index (χ0v) is 9.61. The molecule has 0 aliphatic carbocycles. The van der Waals surface area contributed by atoms with Crippen LogP contribution in [-0.2, 0) is 0 Å². The normalized spacial score (nSPS) is 9.89. The van der Waals surface area contributed by atoms with Crippen LogP contribution in [-0.4, -0.2) is 21.0 Å². The molecule has 3 N–H and O–H groups in total. The summed E-state index contributed by atoms with van der Waals surface area (Å²) in [6.07, 6.45) is 1.44. The van der Waals surface area contributed by atoms with Crippen molar-refractivity contribution in [2.45, 2.75) is 0 Å². The lowest BCUT2D eigenvalue weighted by atomic mass is 10.1. The fourth-order valence-corrected chi connectivity index (χ4v) is 1.50. The number of para-hydroxylation sites is 1. The molecular weight excluding hydrogens is 250 g/mol. The molecule has 2 aromatic rings. The molecule has 0 fully saturated rings. The number of nitro groups is 1. The van der Waals surface area contributed by atoms with Crippen LogP contribution in [0.25, 0.3) is 0 Å². The number of hydrogen-bond donors (Lipinski definition) is 2. The number of aromatic nitrogens is 2. The van der Waals surface area contributed by atoms with Gasteiger partial charge in [-0.25, -0.2) is 0 Å². The van der Waals surface area contributed by atoms with Gasteiger partial charge in [-0.05, 0) is 24.3 Å². The van der Waals surface area contributed by atoms with Crippen LogP contribution in [0.3, 0.4) is 0 Å². The highest BCUT2D eigenvalue weighted by atomic mass is 16.6. The van der Waals surface area contributed by atoms with Crippen LogP contribution in [0.1, 0.15) is 10.4 Å². The van der Waals surface area contributed by atoms with Crippen LogP contribution < -0.4 is 11.1 Å². The molecule has 0 saturated carbocycles. The lowest BCUT2D eigenvalue weighted by Crippen LogP contribution is -2.15. The SMILES string of the molecule is Nc1cccc(C(=O)Nc2cccnn2)c1[N+](=O)[O-]. The van der Waals surface area contributed by atoms with E-state index in [2.05, 4.69) is 15.5 Å². The van der Waals surface area contributed by atoms with Crippen molar-refractivity contribution in [3.63, 3.8) is 0 Å². The Kier molecular flexibility index (Phi) is 3.33. The number of carbonyl (C=O) groups excluding carboxylic acids is 1. The molecule has 19 heavy (non-hydrogen) atoms. The van der Waals surface area contributed by atoms with Gasteiger partial charge in [-0.1, -0.05) is 6.07 Å². The van der Waals surface area contributed by atoms with E-state index < -0.39 is 16.5 Å². The molecule has 0 bridgehead atoms. The first-order valence-corrected chi connectivity index (χ1v) is 5.21. The van der Waals surface area contributed by atoms with E-state index in [1.54, 1.807) is 6.07 Å². The van der Waals surface area contributed by atoms with Gasteiger partial charge in [-0.2, -0.15) is 5.10 Å². The minimum absolute atomic E-state index is 0.0724. The van der Waals surface area contributed by atoms with Crippen molar-refractivity contribution in [2.75, 3.05) is 11.1 Å². The monoisotopic (exact) mass is 259 g/mol. The maximum atomic E-state index is 12.0. The standard InChI is InChI=1S/C11H9N5O3/c12-8-4-1-3-7(10(8)16(18)19)11(17)14-9-5-2-6-13-15-9/h1-6H,12H2,(H,14,15,17). The maximum Gasteiger partial charge on any atom is 0.304 e. The number of anilines is 2. The Balaban J connectivity index is 2.35. The summed E-state index contributed by atoms with van der Waals surface area (Å²) in [6.45, 7) is 0. The Bertz CT molecular complexity index is 629. The number of hydrogen-bond acceptors (Lipinski definition) is 6. The van der Waals surface area contributed by atoms with E-state index in [4.69, 9.17) is 5.73 Å². The van der Waals surface area contributed by atoms with E-state index in [-0.39, 0.29) is 17.1 Å². The number of rotatable bonds is 3. The number of carbonyl (C=O) groups is 1. The second-order valence-electron chi connectivity index (χ2n) is 3.56. The topological polar surface area (TPSA) is 124 Å². The van der Waals surface area contributed by atoms with Crippen molar-refractivity contribution in [3.05, 3.63) is 52.2 Å². The van der Waals surface area contributed by atoms with Crippen LogP contribution in [0.5, 0.6) is 0 Å². The highest BCUT2D eigenvalue weighted by molar-refractivity contribution is 6.07. The molecule has 0 aliphatic heterocycles. The first-order valence-electron chi connectivity index (χ1n) is 5.21. The molecule has 0 radical (unpaired) electrons. The Morgan fingerprint density at radius 3 is 2.74 bits per heavy atom. The predicted molar refractivity (Wildman–Crippen MR) is 67.5 cm³/mol. The Labute approximate surface area is 107 Å². The molecule has 0 spiro atoms. The lowest BCUT2D eigenvalue weighted by molar-refractivity contribution is -0.384. The van der Waals surface area contributed by atoms with Gasteiger partial charge in [-0.15, -0.1) is 5.10 Å². The van der Waals surface area contributed by atoms with Gasteiger partial charge < -0.3 is 11.1 Å². The number of benzene rings is 1. The van der Waals surface area contributed by atoms with Crippen molar-refractivity contribution < 1.29 is 9.72 Å². The van der Waals surface area contributed by atoms with Crippen molar-refractivity contribution in [3.8, 4) is 0 Å². The summed E-state index contributed by atoms with van der Waals surface area (Å²) in [6, 6.07) is 7.24. The quantitative estimate of drug-likeness (QED) is 0.485. The van der Waals surface area contributed by atoms with Gasteiger partial charge in [0.05, 0.1) is 4.92 Å². The first-order chi connectivity index (χ1) is 9.09. The van der Waals surface area contributed by atoms with Crippen LogP contribution in [0, 0.1) is 10.1 Å². The molecule has 8 heteroatoms. The van der Waals surface area contributed by atoms with E-state index in [0.717, 1.165) is 0 Å². The molecular formula is C11H9N5O3. The summed E-state index contributed by atoms with van der Waals surface area (Å²) >= 11 is 0. The number of nitrogens with zero attached hydrogens (tertiary/aromatic N) is 3. The van der Waals surface area contributed by atoms with E-state index in [1.165, 1.54) is 30.5 Å². The largest absolute Gasteiger partial charge is 0.393 e. The van der Waals surface area contributed by atoms with Gasteiger partial charge in [0.25, 0.3) is 5.91 Å². The van der Waals surface area contributed by atoms with E-state index in [9.17, 15) is 14.9 Å². The maximum absolute atomic E-state index is 12.0. The molecule has 1 aromatic carbocycles. The van der Waals surface area contributed by atoms with Crippen molar-refractivity contribution in [1.29, 1.82) is 0 Å². The molecule has 96 valence electrons. The number of nitrogens with two attached hydrogens (primary N) is 1. The van der Waals surface area contributed by atoms with E-state index in [1.807, 2.05) is 0 Å². The lowest BCUT2D eigenvalue weighted by Gasteiger charge is -2.05. The molecule has 0 atom stereocenters. The number of nitro benzene ring substituents is 1. The molecule has 2 rings (SSSR count). The van der Waals surface area contributed by atoms with Gasteiger partial charge in [0.1, 0.15) is 11.3 Å². The third kappa shape index (κ3) is 2.63. The first kappa shape index (κ1) is 12.4. The van der Waals surface area contributed by atoms with Crippen molar-refractivity contribution >= 4 is 23.1 Å². The third-order valence-corrected chi connectivity index (χ3v) is 2.31. The average Bonchev–Trinajstić information content (AvgIpc) is 2.39. The minimum Gasteiger partial charge on any atom is -0.393 e. The fraction of sp³-hybridized carbons (Fsp3) is 0. The molecule has 0 unspecified atom stereocenters. The summed E-state index contributed by atoms with van der Waals surface area (Å²) in [5, 5.41) is 20.6. The van der Waals surface area contributed by atoms with Gasteiger partial charge in [-0.3, -0.25) is 14.9 Å². The molecule has 1 heterocycles. The van der Waals surface area contributed by atoms with Crippen LogP contribution in [0.4, 0.5) is 17.2 Å². The summed E-state index contributed by atoms with van der Waals surface area (Å²) in [5.74, 6) is -0.469. The van der Waals surface area contributed by atoms with Gasteiger partial charge >= 0.3 is 5.69 Å². The van der Waals surface area contributed by atoms with Gasteiger partial charge in [0.15, 0.2) is 5.82 Å². The average molecular weight is 259 g/mol. The summed E-state index contributed by atoms with van der Waals surface area (Å²) < 4.78 is 0. The molecule has 0 saturated heterocycles. The third-order valence-electron chi connectivity index (χ3n) is 2.31. The number of nitrogens with one attached hydrogen (secondary N) is 1. The molecule has 0 aliphatic rings.